The Labute approximate surface area is 136 Å². The summed E-state index contributed by atoms with van der Waals surface area (Å²) in [4.78, 5) is 2.36. The Morgan fingerprint density at radius 1 is 1.43 bits per heavy atom. The number of hydrogen-bond acceptors (Lipinski definition) is 4. The Morgan fingerprint density at radius 2 is 2.05 bits per heavy atom. The Bertz CT molecular complexity index is 590. The second kappa shape index (κ2) is 7.58. The highest BCUT2D eigenvalue weighted by Gasteiger charge is 2.18. The van der Waals surface area contributed by atoms with Crippen molar-refractivity contribution in [1.29, 1.82) is 0 Å². The fourth-order valence-electron chi connectivity index (χ4n) is 1.92. The van der Waals surface area contributed by atoms with E-state index in [0.29, 0.717) is 34.9 Å². The molecule has 7 heteroatoms. The number of nitrogens with one attached hydrogen (secondary N) is 1. The van der Waals surface area contributed by atoms with Gasteiger partial charge in [-0.15, -0.1) is 0 Å². The first-order valence-corrected chi connectivity index (χ1v) is 9.22. The predicted octanol–water partition coefficient (Wildman–Crippen LogP) is 2.35. The number of anilines is 1. The molecule has 0 saturated heterocycles. The smallest absolute Gasteiger partial charge is 0.240 e. The highest BCUT2D eigenvalue weighted by molar-refractivity contribution is 9.10. The summed E-state index contributed by atoms with van der Waals surface area (Å²) in [5.41, 5.74) is 6.85. The summed E-state index contributed by atoms with van der Waals surface area (Å²) in [5, 5.41) is 0. The monoisotopic (exact) mass is 377 g/mol. The standard InChI is InChI=1S/C14H24BrN3O2S/c1-5-11(3)18(4)7-6-17-21(19,20)14-9-13(16)12(15)8-10(14)2/h8-9,11,17H,5-7,16H2,1-4H3. The van der Waals surface area contributed by atoms with Gasteiger partial charge in [-0.1, -0.05) is 6.92 Å². The van der Waals surface area contributed by atoms with Crippen molar-refractivity contribution in [2.75, 3.05) is 25.9 Å². The van der Waals surface area contributed by atoms with Crippen molar-refractivity contribution in [3.8, 4) is 0 Å². The van der Waals surface area contributed by atoms with Gasteiger partial charge in [0.15, 0.2) is 0 Å². The molecule has 1 rings (SSSR count). The molecule has 0 aliphatic heterocycles. The topological polar surface area (TPSA) is 75.4 Å². The van der Waals surface area contributed by atoms with Crippen LogP contribution in [0.4, 0.5) is 5.69 Å². The fraction of sp³-hybridized carbons (Fsp3) is 0.571. The Balaban J connectivity index is 2.77. The number of nitrogens with zero attached hydrogens (tertiary/aromatic N) is 1. The third-order valence-corrected chi connectivity index (χ3v) is 5.97. The highest BCUT2D eigenvalue weighted by Crippen LogP contribution is 2.26. The lowest BCUT2D eigenvalue weighted by Crippen LogP contribution is -2.37. The summed E-state index contributed by atoms with van der Waals surface area (Å²) in [6.07, 6.45) is 1.03. The van der Waals surface area contributed by atoms with E-state index in [2.05, 4.69) is 39.4 Å². The van der Waals surface area contributed by atoms with E-state index >= 15 is 0 Å². The van der Waals surface area contributed by atoms with Crippen molar-refractivity contribution in [2.45, 2.75) is 38.1 Å². The van der Waals surface area contributed by atoms with Gasteiger partial charge in [-0.3, -0.25) is 0 Å². The number of halogens is 1. The first-order valence-electron chi connectivity index (χ1n) is 6.94. The molecule has 0 fully saturated rings. The van der Waals surface area contributed by atoms with Crippen LogP contribution < -0.4 is 10.5 Å². The largest absolute Gasteiger partial charge is 0.398 e. The normalized spacial score (nSPS) is 13.6. The number of likely N-dealkylation sites (N-methyl/N-ethyl adjacent to an activating group) is 1. The number of aryl methyl sites for hydroxylation is 1. The summed E-state index contributed by atoms with van der Waals surface area (Å²) >= 11 is 3.30. The van der Waals surface area contributed by atoms with Crippen LogP contribution in [0.15, 0.2) is 21.5 Å². The molecule has 0 aliphatic carbocycles. The first-order chi connectivity index (χ1) is 9.69. The zero-order valence-electron chi connectivity index (χ0n) is 13.0. The van der Waals surface area contributed by atoms with Gasteiger partial charge in [0.05, 0.1) is 4.90 Å². The molecule has 1 atom stereocenters. The van der Waals surface area contributed by atoms with Gasteiger partial charge in [-0.05, 0) is 60.9 Å². The minimum atomic E-state index is -3.54. The van der Waals surface area contributed by atoms with Crippen molar-refractivity contribution >= 4 is 31.6 Å². The third-order valence-electron chi connectivity index (χ3n) is 3.68. The highest BCUT2D eigenvalue weighted by atomic mass is 79.9. The van der Waals surface area contributed by atoms with Crippen molar-refractivity contribution in [3.63, 3.8) is 0 Å². The summed E-state index contributed by atoms with van der Waals surface area (Å²) in [5.74, 6) is 0. The van der Waals surface area contributed by atoms with Crippen LogP contribution in [0.2, 0.25) is 0 Å². The summed E-state index contributed by atoms with van der Waals surface area (Å²) < 4.78 is 28.0. The molecule has 0 saturated carbocycles. The summed E-state index contributed by atoms with van der Waals surface area (Å²) in [6, 6.07) is 3.63. The first kappa shape index (κ1) is 18.4. The molecular formula is C14H24BrN3O2S. The maximum atomic E-state index is 12.3. The molecule has 21 heavy (non-hydrogen) atoms. The quantitative estimate of drug-likeness (QED) is 0.715. The molecule has 1 aromatic carbocycles. The van der Waals surface area contributed by atoms with Gasteiger partial charge in [-0.25, -0.2) is 13.1 Å². The van der Waals surface area contributed by atoms with Gasteiger partial charge in [0.1, 0.15) is 0 Å². The second-order valence-corrected chi connectivity index (χ2v) is 7.86. The number of benzene rings is 1. The molecule has 0 bridgehead atoms. The number of nitrogens with two attached hydrogens (primary N) is 1. The molecule has 0 spiro atoms. The molecule has 0 aromatic heterocycles. The van der Waals surface area contributed by atoms with Gasteiger partial charge in [0, 0.05) is 29.3 Å². The van der Waals surface area contributed by atoms with Gasteiger partial charge >= 0.3 is 0 Å². The maximum absolute atomic E-state index is 12.3. The molecule has 0 heterocycles. The van der Waals surface area contributed by atoms with E-state index in [-0.39, 0.29) is 4.90 Å². The maximum Gasteiger partial charge on any atom is 0.240 e. The van der Waals surface area contributed by atoms with E-state index in [1.807, 2.05) is 7.05 Å². The van der Waals surface area contributed by atoms with Crippen LogP contribution in [0.5, 0.6) is 0 Å². The van der Waals surface area contributed by atoms with Crippen LogP contribution >= 0.6 is 15.9 Å². The fourth-order valence-corrected chi connectivity index (χ4v) is 3.66. The van der Waals surface area contributed by atoms with E-state index in [0.717, 1.165) is 6.42 Å². The molecule has 5 nitrogen and oxygen atoms in total. The zero-order chi connectivity index (χ0) is 16.2. The Hall–Kier alpha value is -0.630. The van der Waals surface area contributed by atoms with Crippen LogP contribution in [-0.2, 0) is 10.0 Å². The van der Waals surface area contributed by atoms with Crippen molar-refractivity contribution in [2.24, 2.45) is 0 Å². The van der Waals surface area contributed by atoms with E-state index < -0.39 is 10.0 Å². The van der Waals surface area contributed by atoms with Crippen LogP contribution in [-0.4, -0.2) is 39.5 Å². The van der Waals surface area contributed by atoms with Crippen molar-refractivity contribution < 1.29 is 8.42 Å². The van der Waals surface area contributed by atoms with Crippen molar-refractivity contribution in [3.05, 3.63) is 22.2 Å². The summed E-state index contributed by atoms with van der Waals surface area (Å²) in [7, 11) is -1.54. The van der Waals surface area contributed by atoms with Crippen LogP contribution in [0.1, 0.15) is 25.8 Å². The lowest BCUT2D eigenvalue weighted by atomic mass is 10.2. The summed E-state index contributed by atoms with van der Waals surface area (Å²) in [6.45, 7) is 7.02. The zero-order valence-corrected chi connectivity index (χ0v) is 15.4. The third kappa shape index (κ3) is 4.95. The number of hydrogen-bond donors (Lipinski definition) is 2. The molecular weight excluding hydrogens is 354 g/mol. The van der Waals surface area contributed by atoms with Gasteiger partial charge in [0.25, 0.3) is 0 Å². The molecule has 3 N–H and O–H groups in total. The molecule has 0 amide bonds. The number of sulfonamides is 1. The average molecular weight is 378 g/mol. The van der Waals surface area contributed by atoms with E-state index in [1.54, 1.807) is 13.0 Å². The van der Waals surface area contributed by atoms with E-state index in [4.69, 9.17) is 5.73 Å². The molecule has 120 valence electrons. The van der Waals surface area contributed by atoms with E-state index in [9.17, 15) is 8.42 Å². The number of rotatable bonds is 7. The van der Waals surface area contributed by atoms with Crippen LogP contribution in [0.3, 0.4) is 0 Å². The van der Waals surface area contributed by atoms with Gasteiger partial charge in [0.2, 0.25) is 10.0 Å². The SMILES string of the molecule is CCC(C)N(C)CCNS(=O)(=O)c1cc(N)c(Br)cc1C. The second-order valence-electron chi connectivity index (χ2n) is 5.27. The van der Waals surface area contributed by atoms with Crippen LogP contribution in [0, 0.1) is 6.92 Å². The molecule has 1 aromatic rings. The van der Waals surface area contributed by atoms with Gasteiger partial charge in [-0.2, -0.15) is 0 Å². The van der Waals surface area contributed by atoms with E-state index in [1.165, 1.54) is 6.07 Å². The van der Waals surface area contributed by atoms with Crippen LogP contribution in [0.25, 0.3) is 0 Å². The Kier molecular flexibility index (Phi) is 6.65. The van der Waals surface area contributed by atoms with Crippen molar-refractivity contribution in [1.82, 2.24) is 9.62 Å². The average Bonchev–Trinajstić information content (AvgIpc) is 2.41. The Morgan fingerprint density at radius 3 is 2.62 bits per heavy atom. The lowest BCUT2D eigenvalue weighted by molar-refractivity contribution is 0.256. The number of nitrogen functional groups attached to an aromatic ring is 1. The minimum Gasteiger partial charge on any atom is -0.398 e. The minimum absolute atomic E-state index is 0.231. The molecule has 0 aliphatic rings. The predicted molar refractivity (Wildman–Crippen MR) is 90.9 cm³/mol. The molecule has 0 radical (unpaired) electrons. The molecule has 1 unspecified atom stereocenters. The van der Waals surface area contributed by atoms with Gasteiger partial charge < -0.3 is 10.6 Å². The lowest BCUT2D eigenvalue weighted by Gasteiger charge is -2.23.